The van der Waals surface area contributed by atoms with Crippen molar-refractivity contribution in [1.82, 2.24) is 15.0 Å². The van der Waals surface area contributed by atoms with Crippen molar-refractivity contribution in [3.8, 4) is 17.2 Å². The molecule has 0 saturated carbocycles. The van der Waals surface area contributed by atoms with E-state index in [-0.39, 0.29) is 6.61 Å². The molecule has 0 saturated heterocycles. The molecule has 0 unspecified atom stereocenters. The van der Waals surface area contributed by atoms with E-state index in [4.69, 9.17) is 4.74 Å². The number of nitrogens with zero attached hydrogens (tertiary/aromatic N) is 3. The molecule has 3 rings (SSSR count). The van der Waals surface area contributed by atoms with E-state index >= 15 is 0 Å². The Labute approximate surface area is 116 Å². The minimum absolute atomic E-state index is 0.102. The van der Waals surface area contributed by atoms with Crippen molar-refractivity contribution in [1.29, 1.82) is 0 Å². The number of ether oxygens (including phenoxy) is 1. The maximum Gasteiger partial charge on any atom is 0.127 e. The Kier molecular flexibility index (Phi) is 3.43. The molecule has 0 aliphatic rings. The third-order valence-electron chi connectivity index (χ3n) is 2.84. The summed E-state index contributed by atoms with van der Waals surface area (Å²) >= 11 is 0. The molecule has 0 aliphatic heterocycles. The smallest absolute Gasteiger partial charge is 0.127 e. The summed E-state index contributed by atoms with van der Waals surface area (Å²) in [4.78, 5) is 0. The van der Waals surface area contributed by atoms with E-state index in [1.807, 2.05) is 54.6 Å². The van der Waals surface area contributed by atoms with Gasteiger partial charge in [-0.2, -0.15) is 0 Å². The SMILES string of the molecule is OCc1cnnn1-c1ccc(Oc2ccccc2)cc1. The Balaban J connectivity index is 1.81. The quantitative estimate of drug-likeness (QED) is 0.789. The van der Waals surface area contributed by atoms with E-state index in [1.54, 1.807) is 4.68 Å². The van der Waals surface area contributed by atoms with Gasteiger partial charge in [-0.15, -0.1) is 5.10 Å². The minimum atomic E-state index is -0.102. The van der Waals surface area contributed by atoms with Gasteiger partial charge in [-0.05, 0) is 36.4 Å². The van der Waals surface area contributed by atoms with Crippen LogP contribution in [-0.4, -0.2) is 20.1 Å². The number of benzene rings is 2. The zero-order valence-electron chi connectivity index (χ0n) is 10.7. The number of rotatable bonds is 4. The Morgan fingerprint density at radius 1 is 0.950 bits per heavy atom. The molecule has 5 heteroatoms. The lowest BCUT2D eigenvalue weighted by Gasteiger charge is -2.07. The fourth-order valence-electron chi connectivity index (χ4n) is 1.86. The van der Waals surface area contributed by atoms with Gasteiger partial charge in [0.2, 0.25) is 0 Å². The van der Waals surface area contributed by atoms with Crippen LogP contribution in [0.2, 0.25) is 0 Å². The highest BCUT2D eigenvalue weighted by Crippen LogP contribution is 2.22. The van der Waals surface area contributed by atoms with Crippen LogP contribution in [-0.2, 0) is 6.61 Å². The molecule has 0 bridgehead atoms. The molecule has 0 atom stereocenters. The summed E-state index contributed by atoms with van der Waals surface area (Å²) in [7, 11) is 0. The number of aliphatic hydroxyl groups excluding tert-OH is 1. The van der Waals surface area contributed by atoms with Crippen LogP contribution in [0.25, 0.3) is 5.69 Å². The first-order valence-electron chi connectivity index (χ1n) is 6.20. The lowest BCUT2D eigenvalue weighted by molar-refractivity contribution is 0.273. The van der Waals surface area contributed by atoms with Crippen LogP contribution in [0.3, 0.4) is 0 Å². The van der Waals surface area contributed by atoms with Crippen molar-refractivity contribution in [3.63, 3.8) is 0 Å². The number of aliphatic hydroxyl groups is 1. The monoisotopic (exact) mass is 267 g/mol. The van der Waals surface area contributed by atoms with Gasteiger partial charge in [0, 0.05) is 0 Å². The molecule has 0 amide bonds. The highest BCUT2D eigenvalue weighted by molar-refractivity contribution is 5.39. The van der Waals surface area contributed by atoms with E-state index in [9.17, 15) is 5.11 Å². The molecule has 0 spiro atoms. The van der Waals surface area contributed by atoms with Crippen LogP contribution in [0.15, 0.2) is 60.8 Å². The topological polar surface area (TPSA) is 60.2 Å². The summed E-state index contributed by atoms with van der Waals surface area (Å²) in [6.45, 7) is -0.102. The van der Waals surface area contributed by atoms with E-state index in [0.29, 0.717) is 5.69 Å². The van der Waals surface area contributed by atoms with Crippen molar-refractivity contribution in [2.45, 2.75) is 6.61 Å². The van der Waals surface area contributed by atoms with Gasteiger partial charge in [0.25, 0.3) is 0 Å². The van der Waals surface area contributed by atoms with Gasteiger partial charge in [0.15, 0.2) is 0 Å². The normalized spacial score (nSPS) is 10.4. The Hall–Kier alpha value is -2.66. The van der Waals surface area contributed by atoms with Crippen molar-refractivity contribution < 1.29 is 9.84 Å². The molecule has 100 valence electrons. The molecule has 1 N–H and O–H groups in total. The van der Waals surface area contributed by atoms with E-state index < -0.39 is 0 Å². The molecular formula is C15H13N3O2. The largest absolute Gasteiger partial charge is 0.457 e. The van der Waals surface area contributed by atoms with E-state index in [2.05, 4.69) is 10.3 Å². The molecule has 5 nitrogen and oxygen atoms in total. The molecule has 2 aromatic carbocycles. The number of aromatic nitrogens is 3. The second kappa shape index (κ2) is 5.54. The third kappa shape index (κ3) is 2.53. The minimum Gasteiger partial charge on any atom is -0.457 e. The molecule has 1 heterocycles. The lowest BCUT2D eigenvalue weighted by atomic mass is 10.3. The van der Waals surface area contributed by atoms with Gasteiger partial charge in [0.1, 0.15) is 11.5 Å². The summed E-state index contributed by atoms with van der Waals surface area (Å²) in [5.41, 5.74) is 1.47. The van der Waals surface area contributed by atoms with Crippen LogP contribution in [0, 0.1) is 0 Å². The van der Waals surface area contributed by atoms with Crippen molar-refractivity contribution in [2.24, 2.45) is 0 Å². The van der Waals surface area contributed by atoms with Crippen molar-refractivity contribution in [2.75, 3.05) is 0 Å². The lowest BCUT2D eigenvalue weighted by Crippen LogP contribution is -2.01. The van der Waals surface area contributed by atoms with Crippen LogP contribution in [0.5, 0.6) is 11.5 Å². The Morgan fingerprint density at radius 3 is 2.35 bits per heavy atom. The second-order valence-electron chi connectivity index (χ2n) is 4.20. The molecular weight excluding hydrogens is 254 g/mol. The summed E-state index contributed by atoms with van der Waals surface area (Å²) in [6.07, 6.45) is 1.54. The summed E-state index contributed by atoms with van der Waals surface area (Å²) in [5, 5.41) is 16.9. The van der Waals surface area contributed by atoms with Gasteiger partial charge in [0.05, 0.1) is 24.2 Å². The van der Waals surface area contributed by atoms with E-state index in [1.165, 1.54) is 6.20 Å². The molecule has 20 heavy (non-hydrogen) atoms. The number of hydrogen-bond donors (Lipinski definition) is 1. The summed E-state index contributed by atoms with van der Waals surface area (Å²) in [6, 6.07) is 17.0. The van der Waals surface area contributed by atoms with Crippen LogP contribution >= 0.6 is 0 Å². The average Bonchev–Trinajstić information content (AvgIpc) is 2.98. The molecule has 0 fully saturated rings. The van der Waals surface area contributed by atoms with Crippen LogP contribution in [0.4, 0.5) is 0 Å². The first kappa shape index (κ1) is 12.4. The highest BCUT2D eigenvalue weighted by Gasteiger charge is 2.05. The first-order chi connectivity index (χ1) is 9.86. The van der Waals surface area contributed by atoms with E-state index in [0.717, 1.165) is 17.2 Å². The first-order valence-corrected chi connectivity index (χ1v) is 6.20. The van der Waals surface area contributed by atoms with Crippen LogP contribution in [0.1, 0.15) is 5.69 Å². The fourth-order valence-corrected chi connectivity index (χ4v) is 1.86. The number of para-hydroxylation sites is 1. The maximum absolute atomic E-state index is 9.19. The summed E-state index contributed by atoms with van der Waals surface area (Å²) in [5.74, 6) is 1.53. The van der Waals surface area contributed by atoms with Gasteiger partial charge >= 0.3 is 0 Å². The van der Waals surface area contributed by atoms with Gasteiger partial charge in [-0.1, -0.05) is 23.4 Å². The predicted molar refractivity (Wildman–Crippen MR) is 73.8 cm³/mol. The maximum atomic E-state index is 9.19. The standard InChI is InChI=1S/C15H13N3O2/c19-11-13-10-16-17-18(13)12-6-8-15(9-7-12)20-14-4-2-1-3-5-14/h1-10,19H,11H2. The zero-order chi connectivity index (χ0) is 13.8. The van der Waals surface area contributed by atoms with Gasteiger partial charge < -0.3 is 9.84 Å². The molecule has 0 aliphatic carbocycles. The fraction of sp³-hybridized carbons (Fsp3) is 0.0667. The van der Waals surface area contributed by atoms with Gasteiger partial charge in [-0.3, -0.25) is 0 Å². The summed E-state index contributed by atoms with van der Waals surface area (Å²) < 4.78 is 7.30. The third-order valence-corrected chi connectivity index (χ3v) is 2.84. The zero-order valence-corrected chi connectivity index (χ0v) is 10.7. The average molecular weight is 267 g/mol. The molecule has 0 radical (unpaired) electrons. The number of hydrogen-bond acceptors (Lipinski definition) is 4. The Morgan fingerprint density at radius 2 is 1.65 bits per heavy atom. The van der Waals surface area contributed by atoms with Crippen molar-refractivity contribution in [3.05, 3.63) is 66.5 Å². The molecule has 3 aromatic rings. The van der Waals surface area contributed by atoms with Gasteiger partial charge in [-0.25, -0.2) is 4.68 Å². The molecule has 1 aromatic heterocycles. The highest BCUT2D eigenvalue weighted by atomic mass is 16.5. The predicted octanol–water partition coefficient (Wildman–Crippen LogP) is 2.55. The Bertz CT molecular complexity index is 678. The van der Waals surface area contributed by atoms with Crippen LogP contribution < -0.4 is 4.74 Å². The van der Waals surface area contributed by atoms with Crippen molar-refractivity contribution >= 4 is 0 Å². The second-order valence-corrected chi connectivity index (χ2v) is 4.20.